The molecule has 0 atom stereocenters. The zero-order valence-electron chi connectivity index (χ0n) is 44.3. The molecule has 0 radical (unpaired) electrons. The number of benzene rings is 12. The Labute approximate surface area is 473 Å². The molecule has 8 heteroatoms. The SMILES string of the molecule is c1ccc(-c2nc(-c3ccc4c(c3)oc3cc(-n5c6ccccc6c6ccccc65)ccc34)nc(-c3cccc4oc5ccc(-c6ccc(-c7cccc8c9ccccc9n(-c9ccccc9)c78)c7oc8ccccc8c67)cc5c34)n2)cc1. The van der Waals surface area contributed by atoms with E-state index in [4.69, 9.17) is 28.2 Å². The number of furan rings is 3. The van der Waals surface area contributed by atoms with Crippen LogP contribution in [0.15, 0.2) is 274 Å². The van der Waals surface area contributed by atoms with E-state index in [0.717, 1.165) is 138 Å². The number of para-hydroxylation sites is 6. The summed E-state index contributed by atoms with van der Waals surface area (Å²) in [5.41, 5.74) is 18.1. The average Bonchev–Trinajstić information content (AvgIpc) is 2.84. The third kappa shape index (κ3) is 6.84. The van der Waals surface area contributed by atoms with Crippen molar-refractivity contribution in [2.24, 2.45) is 0 Å². The molecule has 18 rings (SSSR count). The van der Waals surface area contributed by atoms with Crippen molar-refractivity contribution < 1.29 is 13.3 Å². The fourth-order valence-electron chi connectivity index (χ4n) is 13.1. The molecule has 0 amide bonds. The quantitative estimate of drug-likeness (QED) is 0.158. The summed E-state index contributed by atoms with van der Waals surface area (Å²) in [6.07, 6.45) is 0. The average molecular weight is 1060 g/mol. The van der Waals surface area contributed by atoms with E-state index in [9.17, 15) is 0 Å². The minimum Gasteiger partial charge on any atom is -0.456 e. The zero-order valence-corrected chi connectivity index (χ0v) is 44.3. The van der Waals surface area contributed by atoms with Gasteiger partial charge >= 0.3 is 0 Å². The molecule has 0 unspecified atom stereocenters. The van der Waals surface area contributed by atoms with E-state index in [1.54, 1.807) is 0 Å². The Kier molecular flexibility index (Phi) is 9.64. The van der Waals surface area contributed by atoms with E-state index in [0.29, 0.717) is 17.5 Å². The molecule has 6 heterocycles. The Morgan fingerprint density at radius 1 is 0.253 bits per heavy atom. The highest BCUT2D eigenvalue weighted by Crippen LogP contribution is 2.47. The standard InChI is InChI=1S/C75H43N5O3/c1-3-17-44(18-4-1)73-76-74(46-33-36-53-54-37-35-48(43-68(54)82-67(53)42-46)79-61-28-11-7-21-50(61)51-22-8-12-29-62(51)79)78-75(77-73)59-27-16-32-66-69(59)60-41-45(34-40-65(60)81-66)49-38-39-57(72-70(49)58-24-10-14-31-64(58)83-72)56-26-15-25-55-52-23-9-13-30-63(52)80(71(55)56)47-19-5-2-6-20-47/h1-43H. The molecule has 12 aromatic carbocycles. The summed E-state index contributed by atoms with van der Waals surface area (Å²) < 4.78 is 25.2. The van der Waals surface area contributed by atoms with Gasteiger partial charge in [0.2, 0.25) is 0 Å². The van der Waals surface area contributed by atoms with Crippen LogP contribution in [0.3, 0.4) is 0 Å². The number of hydrogen-bond acceptors (Lipinski definition) is 6. The van der Waals surface area contributed by atoms with Crippen LogP contribution in [-0.2, 0) is 0 Å². The van der Waals surface area contributed by atoms with Gasteiger partial charge in [0, 0.05) is 99.1 Å². The first kappa shape index (κ1) is 45.5. The van der Waals surface area contributed by atoms with Gasteiger partial charge in [-0.1, -0.05) is 170 Å². The van der Waals surface area contributed by atoms with Gasteiger partial charge in [-0.05, 0) is 96.1 Å². The lowest BCUT2D eigenvalue weighted by atomic mass is 9.93. The Hall–Kier alpha value is -11.4. The molecule has 0 fully saturated rings. The Morgan fingerprint density at radius 3 is 1.59 bits per heavy atom. The third-order valence-corrected chi connectivity index (χ3v) is 16.8. The lowest BCUT2D eigenvalue weighted by molar-refractivity contribution is 0.668. The number of rotatable bonds is 7. The normalized spacial score (nSPS) is 12.1. The van der Waals surface area contributed by atoms with Crippen molar-refractivity contribution in [2.75, 3.05) is 0 Å². The minimum absolute atomic E-state index is 0.529. The van der Waals surface area contributed by atoms with E-state index in [2.05, 4.69) is 221 Å². The smallest absolute Gasteiger partial charge is 0.164 e. The van der Waals surface area contributed by atoms with Gasteiger partial charge in [0.25, 0.3) is 0 Å². The monoisotopic (exact) mass is 1060 g/mol. The fourth-order valence-corrected chi connectivity index (χ4v) is 13.1. The van der Waals surface area contributed by atoms with Gasteiger partial charge in [-0.15, -0.1) is 0 Å². The summed E-state index contributed by atoms with van der Waals surface area (Å²) in [6, 6.07) is 91.3. The number of nitrogens with zero attached hydrogens (tertiary/aromatic N) is 5. The van der Waals surface area contributed by atoms with Crippen LogP contribution in [0, 0.1) is 0 Å². The lowest BCUT2D eigenvalue weighted by Gasteiger charge is -2.13. The predicted molar refractivity (Wildman–Crippen MR) is 338 cm³/mol. The van der Waals surface area contributed by atoms with Crippen molar-refractivity contribution >= 4 is 109 Å². The topological polar surface area (TPSA) is 88.0 Å². The molecule has 0 saturated heterocycles. The molecule has 0 aliphatic carbocycles. The van der Waals surface area contributed by atoms with Crippen molar-refractivity contribution in [2.45, 2.75) is 0 Å². The maximum Gasteiger partial charge on any atom is 0.164 e. The molecule has 0 saturated carbocycles. The first-order valence-electron chi connectivity index (χ1n) is 27.9. The molecule has 0 aliphatic heterocycles. The van der Waals surface area contributed by atoms with E-state index >= 15 is 0 Å². The van der Waals surface area contributed by atoms with Gasteiger partial charge < -0.3 is 22.4 Å². The van der Waals surface area contributed by atoms with Crippen LogP contribution < -0.4 is 0 Å². The van der Waals surface area contributed by atoms with Crippen LogP contribution in [-0.4, -0.2) is 24.1 Å². The molecule has 18 aromatic rings. The van der Waals surface area contributed by atoms with Gasteiger partial charge in [0.15, 0.2) is 17.5 Å². The summed E-state index contributed by atoms with van der Waals surface area (Å²) >= 11 is 0. The molecule has 386 valence electrons. The second-order valence-electron chi connectivity index (χ2n) is 21.4. The van der Waals surface area contributed by atoms with E-state index in [1.807, 2.05) is 48.5 Å². The lowest BCUT2D eigenvalue weighted by Crippen LogP contribution is -2.00. The second kappa shape index (κ2) is 17.6. The maximum absolute atomic E-state index is 7.01. The van der Waals surface area contributed by atoms with Crippen LogP contribution in [0.5, 0.6) is 0 Å². The molecule has 8 nitrogen and oxygen atoms in total. The molecular formula is C75H43N5O3. The first-order chi connectivity index (χ1) is 41.1. The number of hydrogen-bond donors (Lipinski definition) is 0. The van der Waals surface area contributed by atoms with Crippen molar-refractivity contribution in [3.8, 4) is 67.8 Å². The third-order valence-electron chi connectivity index (χ3n) is 16.8. The molecule has 0 bridgehead atoms. The highest BCUT2D eigenvalue weighted by molar-refractivity contribution is 6.21. The Morgan fingerprint density at radius 2 is 0.807 bits per heavy atom. The first-order valence-corrected chi connectivity index (χ1v) is 27.9. The van der Waals surface area contributed by atoms with E-state index < -0.39 is 0 Å². The van der Waals surface area contributed by atoms with Gasteiger partial charge in [-0.2, -0.15) is 0 Å². The Bertz CT molecular complexity index is 5650. The van der Waals surface area contributed by atoms with Crippen LogP contribution in [0.2, 0.25) is 0 Å². The van der Waals surface area contributed by atoms with Gasteiger partial charge in [-0.3, -0.25) is 0 Å². The molecule has 6 aromatic heterocycles. The van der Waals surface area contributed by atoms with Gasteiger partial charge in [-0.25, -0.2) is 15.0 Å². The van der Waals surface area contributed by atoms with E-state index in [-0.39, 0.29) is 0 Å². The van der Waals surface area contributed by atoms with Crippen molar-refractivity contribution in [3.63, 3.8) is 0 Å². The highest BCUT2D eigenvalue weighted by Gasteiger charge is 2.25. The summed E-state index contributed by atoms with van der Waals surface area (Å²) in [4.78, 5) is 15.8. The van der Waals surface area contributed by atoms with Crippen LogP contribution in [0.25, 0.3) is 177 Å². The second-order valence-corrected chi connectivity index (χ2v) is 21.4. The number of aromatic nitrogens is 5. The summed E-state index contributed by atoms with van der Waals surface area (Å²) in [6.45, 7) is 0. The molecule has 83 heavy (non-hydrogen) atoms. The molecule has 0 aliphatic rings. The predicted octanol–water partition coefficient (Wildman–Crippen LogP) is 20.1. The summed E-state index contributed by atoms with van der Waals surface area (Å²) in [5.74, 6) is 1.62. The summed E-state index contributed by atoms with van der Waals surface area (Å²) in [5, 5.41) is 10.8. The Balaban J connectivity index is 0.789. The van der Waals surface area contributed by atoms with E-state index in [1.165, 1.54) is 21.5 Å². The fraction of sp³-hybridized carbons (Fsp3) is 0. The van der Waals surface area contributed by atoms with Crippen molar-refractivity contribution in [3.05, 3.63) is 261 Å². The van der Waals surface area contributed by atoms with Gasteiger partial charge in [0.1, 0.15) is 33.5 Å². The molecule has 0 spiro atoms. The van der Waals surface area contributed by atoms with Gasteiger partial charge in [0.05, 0.1) is 22.1 Å². The van der Waals surface area contributed by atoms with Crippen molar-refractivity contribution in [1.29, 1.82) is 0 Å². The highest BCUT2D eigenvalue weighted by atomic mass is 16.3. The molecule has 0 N–H and O–H groups in total. The summed E-state index contributed by atoms with van der Waals surface area (Å²) in [7, 11) is 0. The zero-order chi connectivity index (χ0) is 54.3. The number of fused-ring (bicyclic) bond motifs is 15. The molecular weight excluding hydrogens is 1020 g/mol. The van der Waals surface area contributed by atoms with Crippen LogP contribution in [0.4, 0.5) is 0 Å². The van der Waals surface area contributed by atoms with Crippen LogP contribution in [0.1, 0.15) is 0 Å². The largest absolute Gasteiger partial charge is 0.456 e. The maximum atomic E-state index is 7.01. The van der Waals surface area contributed by atoms with Crippen LogP contribution >= 0.6 is 0 Å². The minimum atomic E-state index is 0.529. The van der Waals surface area contributed by atoms with Crippen molar-refractivity contribution in [1.82, 2.24) is 24.1 Å².